The van der Waals surface area contributed by atoms with Crippen molar-refractivity contribution in [3.05, 3.63) is 91.5 Å². The predicted octanol–water partition coefficient (Wildman–Crippen LogP) is 3.24. The molecule has 0 spiro atoms. The third-order valence-corrected chi connectivity index (χ3v) is 5.33. The van der Waals surface area contributed by atoms with Gasteiger partial charge < -0.3 is 4.98 Å². The number of aromatic amines is 1. The number of carbonyl (C=O) groups is 1. The maximum atomic E-state index is 13.9. The third kappa shape index (κ3) is 3.82. The van der Waals surface area contributed by atoms with Crippen molar-refractivity contribution >= 4 is 44.2 Å². The fourth-order valence-electron chi connectivity index (χ4n) is 2.73. The van der Waals surface area contributed by atoms with Crippen LogP contribution in [0.15, 0.2) is 58.3 Å². The number of nitrogens with one attached hydrogen (secondary N) is 2. The van der Waals surface area contributed by atoms with Crippen molar-refractivity contribution in [1.29, 1.82) is 0 Å². The third-order valence-electron chi connectivity index (χ3n) is 4.16. The molecule has 2 N–H and O–H groups in total. The van der Waals surface area contributed by atoms with Crippen molar-refractivity contribution in [2.45, 2.75) is 6.54 Å². The molecule has 0 saturated heterocycles. The summed E-state index contributed by atoms with van der Waals surface area (Å²) in [6.45, 7) is -0.304. The lowest BCUT2D eigenvalue weighted by molar-refractivity contribution is 0.102. The number of amides is 1. The minimum Gasteiger partial charge on any atom is -0.313 e. The monoisotopic (exact) mass is 430 g/mol. The summed E-state index contributed by atoms with van der Waals surface area (Å²) < 4.78 is 15.4. The summed E-state index contributed by atoms with van der Waals surface area (Å²) in [4.78, 5) is 43.9. The van der Waals surface area contributed by atoms with Gasteiger partial charge in [0.25, 0.3) is 11.5 Å². The molecule has 0 radical (unpaired) electrons. The molecule has 2 aromatic carbocycles. The van der Waals surface area contributed by atoms with Crippen molar-refractivity contribution < 1.29 is 9.18 Å². The van der Waals surface area contributed by atoms with Crippen molar-refractivity contribution in [3.8, 4) is 0 Å². The number of fused-ring (bicyclic) bond motifs is 1. The highest BCUT2D eigenvalue weighted by Crippen LogP contribution is 2.28. The molecule has 2 heterocycles. The first-order valence-corrected chi connectivity index (χ1v) is 9.55. The van der Waals surface area contributed by atoms with Crippen LogP contribution in [-0.4, -0.2) is 20.4 Å². The largest absolute Gasteiger partial charge is 0.328 e. The fraction of sp³-hybridized carbons (Fsp3) is 0.0526. The van der Waals surface area contributed by atoms with E-state index in [4.69, 9.17) is 11.6 Å². The molecule has 0 bridgehead atoms. The van der Waals surface area contributed by atoms with E-state index in [0.29, 0.717) is 10.5 Å². The Morgan fingerprint density at radius 3 is 2.83 bits per heavy atom. The zero-order chi connectivity index (χ0) is 20.5. The molecule has 0 saturated carbocycles. The molecule has 146 valence electrons. The highest BCUT2D eigenvalue weighted by molar-refractivity contribution is 7.22. The second kappa shape index (κ2) is 7.61. The van der Waals surface area contributed by atoms with Gasteiger partial charge in [-0.15, -0.1) is 0 Å². The molecule has 0 fully saturated rings. The number of carbonyl (C=O) groups excluding carboxylic acids is 1. The molecular weight excluding hydrogens is 419 g/mol. The Bertz CT molecular complexity index is 1360. The van der Waals surface area contributed by atoms with Gasteiger partial charge >= 0.3 is 5.69 Å². The summed E-state index contributed by atoms with van der Waals surface area (Å²) in [6.07, 6.45) is 1.03. The molecule has 0 unspecified atom stereocenters. The summed E-state index contributed by atoms with van der Waals surface area (Å²) in [7, 11) is 0. The maximum Gasteiger partial charge on any atom is 0.328 e. The highest BCUT2D eigenvalue weighted by Gasteiger charge is 2.17. The van der Waals surface area contributed by atoms with E-state index in [0.717, 1.165) is 15.5 Å². The number of halogens is 2. The van der Waals surface area contributed by atoms with E-state index >= 15 is 0 Å². The molecule has 4 rings (SSSR count). The number of nitrogens with zero attached hydrogens (tertiary/aromatic N) is 2. The van der Waals surface area contributed by atoms with Crippen LogP contribution in [-0.2, 0) is 6.54 Å². The van der Waals surface area contributed by atoms with Crippen LogP contribution in [0.5, 0.6) is 0 Å². The van der Waals surface area contributed by atoms with Crippen molar-refractivity contribution in [1.82, 2.24) is 14.5 Å². The number of H-pyrrole nitrogens is 1. The molecule has 0 aliphatic heterocycles. The number of hydrogen-bond acceptors (Lipinski definition) is 5. The molecule has 10 heteroatoms. The first-order valence-electron chi connectivity index (χ1n) is 8.36. The van der Waals surface area contributed by atoms with Gasteiger partial charge in [0.05, 0.1) is 16.8 Å². The van der Waals surface area contributed by atoms with E-state index in [2.05, 4.69) is 15.3 Å². The SMILES string of the molecule is O=C(Nc1nc2ccc(Cl)cc2s1)c1c[nH]c(=O)n(Cc2ccccc2F)c1=O. The number of hydrogen-bond donors (Lipinski definition) is 2. The van der Waals surface area contributed by atoms with Gasteiger partial charge in [-0.2, -0.15) is 0 Å². The molecule has 2 aromatic heterocycles. The predicted molar refractivity (Wildman–Crippen MR) is 109 cm³/mol. The molecule has 0 atom stereocenters. The zero-order valence-corrected chi connectivity index (χ0v) is 16.2. The average Bonchev–Trinajstić information content (AvgIpc) is 3.07. The van der Waals surface area contributed by atoms with E-state index in [1.54, 1.807) is 24.3 Å². The molecular formula is C19H12ClFN4O3S. The van der Waals surface area contributed by atoms with Gasteiger partial charge in [-0.3, -0.25) is 19.5 Å². The van der Waals surface area contributed by atoms with E-state index in [1.807, 2.05) is 0 Å². The Labute approximate surface area is 171 Å². The van der Waals surface area contributed by atoms with Crippen LogP contribution in [0.3, 0.4) is 0 Å². The number of rotatable bonds is 4. The number of benzene rings is 2. The zero-order valence-electron chi connectivity index (χ0n) is 14.6. The second-order valence-corrected chi connectivity index (χ2v) is 7.54. The lowest BCUT2D eigenvalue weighted by Gasteiger charge is -2.08. The summed E-state index contributed by atoms with van der Waals surface area (Å²) in [6, 6.07) is 10.9. The van der Waals surface area contributed by atoms with Crippen LogP contribution in [0, 0.1) is 5.82 Å². The normalized spacial score (nSPS) is 11.0. The van der Waals surface area contributed by atoms with Crippen LogP contribution in [0.25, 0.3) is 10.2 Å². The second-order valence-electron chi connectivity index (χ2n) is 6.08. The van der Waals surface area contributed by atoms with Gasteiger partial charge in [-0.25, -0.2) is 14.2 Å². The van der Waals surface area contributed by atoms with Gasteiger partial charge in [0, 0.05) is 16.8 Å². The minimum atomic E-state index is -0.835. The Hall–Kier alpha value is -3.30. The Morgan fingerprint density at radius 1 is 1.24 bits per heavy atom. The fourth-order valence-corrected chi connectivity index (χ4v) is 3.87. The maximum absolute atomic E-state index is 13.9. The van der Waals surface area contributed by atoms with E-state index in [1.165, 1.54) is 29.5 Å². The van der Waals surface area contributed by atoms with E-state index in [9.17, 15) is 18.8 Å². The average molecular weight is 431 g/mol. The molecule has 7 nitrogen and oxygen atoms in total. The first-order chi connectivity index (χ1) is 13.9. The summed E-state index contributed by atoms with van der Waals surface area (Å²) in [5.41, 5.74) is -1.07. The van der Waals surface area contributed by atoms with Crippen LogP contribution < -0.4 is 16.6 Å². The van der Waals surface area contributed by atoms with Crippen molar-refractivity contribution in [2.24, 2.45) is 0 Å². The van der Waals surface area contributed by atoms with Crippen LogP contribution >= 0.6 is 22.9 Å². The Morgan fingerprint density at radius 2 is 2.03 bits per heavy atom. The minimum absolute atomic E-state index is 0.153. The highest BCUT2D eigenvalue weighted by atomic mass is 35.5. The van der Waals surface area contributed by atoms with Crippen LogP contribution in [0.2, 0.25) is 5.02 Å². The summed E-state index contributed by atoms with van der Waals surface area (Å²) in [5.74, 6) is -1.29. The van der Waals surface area contributed by atoms with Gasteiger partial charge in [0.15, 0.2) is 5.13 Å². The molecule has 1 amide bonds. The van der Waals surface area contributed by atoms with Crippen molar-refractivity contribution in [2.75, 3.05) is 5.32 Å². The van der Waals surface area contributed by atoms with Crippen molar-refractivity contribution in [3.63, 3.8) is 0 Å². The summed E-state index contributed by atoms with van der Waals surface area (Å²) in [5, 5.41) is 3.36. The number of thiazole rings is 1. The van der Waals surface area contributed by atoms with Crippen LogP contribution in [0.4, 0.5) is 9.52 Å². The molecule has 29 heavy (non-hydrogen) atoms. The van der Waals surface area contributed by atoms with Gasteiger partial charge in [0.2, 0.25) is 0 Å². The number of anilines is 1. The molecule has 0 aliphatic carbocycles. The lowest BCUT2D eigenvalue weighted by Crippen LogP contribution is -2.39. The lowest BCUT2D eigenvalue weighted by atomic mass is 10.2. The van der Waals surface area contributed by atoms with Gasteiger partial charge in [-0.05, 0) is 24.3 Å². The molecule has 4 aromatic rings. The smallest absolute Gasteiger partial charge is 0.313 e. The standard InChI is InChI=1S/C19H12ClFN4O3S/c20-11-5-6-14-15(7-11)29-18(23-14)24-16(26)12-8-22-19(28)25(17(12)27)9-10-3-1-2-4-13(10)21/h1-8H,9H2,(H,22,28)(H,23,24,26). The summed E-state index contributed by atoms with van der Waals surface area (Å²) >= 11 is 7.14. The number of aromatic nitrogens is 3. The van der Waals surface area contributed by atoms with E-state index in [-0.39, 0.29) is 22.8 Å². The van der Waals surface area contributed by atoms with Gasteiger partial charge in [-0.1, -0.05) is 41.1 Å². The first kappa shape index (κ1) is 19.0. The molecule has 0 aliphatic rings. The Balaban J connectivity index is 1.65. The van der Waals surface area contributed by atoms with E-state index < -0.39 is 23.0 Å². The Kier molecular flexibility index (Phi) is 4.99. The van der Waals surface area contributed by atoms with Gasteiger partial charge in [0.1, 0.15) is 11.4 Å². The quantitative estimate of drug-likeness (QED) is 0.519. The topological polar surface area (TPSA) is 96.8 Å². The van der Waals surface area contributed by atoms with Crippen LogP contribution in [0.1, 0.15) is 15.9 Å².